The number of carbonyl (C=O) groups excluding carboxylic acids is 2. The van der Waals surface area contributed by atoms with Gasteiger partial charge in [-0.15, -0.1) is 0 Å². The number of anilines is 2. The van der Waals surface area contributed by atoms with Crippen LogP contribution in [0.2, 0.25) is 0 Å². The Hall–Kier alpha value is -3.72. The van der Waals surface area contributed by atoms with E-state index < -0.39 is 28.3 Å². The molecule has 0 atom stereocenters. The molecular weight excluding hydrogens is 469 g/mol. The molecule has 0 aliphatic rings. The molecule has 0 unspecified atom stereocenters. The van der Waals surface area contributed by atoms with Crippen molar-refractivity contribution in [1.82, 2.24) is 5.32 Å². The summed E-state index contributed by atoms with van der Waals surface area (Å²) in [5, 5.41) is 5.47. The van der Waals surface area contributed by atoms with Crippen LogP contribution in [0.1, 0.15) is 35.7 Å². The Morgan fingerprint density at radius 2 is 1.60 bits per heavy atom. The Balaban J connectivity index is 1.88. The molecule has 0 aromatic heterocycles. The molecule has 3 aromatic rings. The number of amides is 2. The van der Waals surface area contributed by atoms with Crippen molar-refractivity contribution in [3.05, 3.63) is 89.7 Å². The molecule has 7 nitrogen and oxygen atoms in total. The first-order chi connectivity index (χ1) is 16.7. The zero-order valence-corrected chi connectivity index (χ0v) is 20.4. The first-order valence-corrected chi connectivity index (χ1v) is 12.7. The van der Waals surface area contributed by atoms with E-state index in [1.54, 1.807) is 48.5 Å². The third-order valence-electron chi connectivity index (χ3n) is 5.27. The number of nitrogens with zero attached hydrogens (tertiary/aromatic N) is 1. The first-order valence-electron chi connectivity index (χ1n) is 11.2. The smallest absolute Gasteiger partial charge is 0.264 e. The SMILES string of the molecule is CCCCNC(=O)c1ccccc1NC(=O)CN(c1ccc(C)cc1)S(=O)(=O)c1ccc(F)cc1. The van der Waals surface area contributed by atoms with Crippen molar-refractivity contribution in [3.63, 3.8) is 0 Å². The highest BCUT2D eigenvalue weighted by atomic mass is 32.2. The summed E-state index contributed by atoms with van der Waals surface area (Å²) in [7, 11) is -4.19. The maximum atomic E-state index is 13.4. The molecule has 0 radical (unpaired) electrons. The average Bonchev–Trinajstić information content (AvgIpc) is 2.84. The summed E-state index contributed by atoms with van der Waals surface area (Å²) in [5.41, 5.74) is 1.75. The van der Waals surface area contributed by atoms with E-state index in [9.17, 15) is 22.4 Å². The van der Waals surface area contributed by atoms with Crippen molar-refractivity contribution >= 4 is 33.2 Å². The van der Waals surface area contributed by atoms with Crippen LogP contribution in [0.3, 0.4) is 0 Å². The highest BCUT2D eigenvalue weighted by Crippen LogP contribution is 2.25. The number of hydrogen-bond donors (Lipinski definition) is 2. The van der Waals surface area contributed by atoms with Gasteiger partial charge < -0.3 is 10.6 Å². The number of sulfonamides is 1. The maximum absolute atomic E-state index is 13.4. The van der Waals surface area contributed by atoms with Gasteiger partial charge >= 0.3 is 0 Å². The molecule has 0 aliphatic carbocycles. The van der Waals surface area contributed by atoms with Crippen molar-refractivity contribution < 1.29 is 22.4 Å². The summed E-state index contributed by atoms with van der Waals surface area (Å²) in [5.74, 6) is -1.54. The van der Waals surface area contributed by atoms with Gasteiger partial charge in [-0.1, -0.05) is 43.2 Å². The summed E-state index contributed by atoms with van der Waals surface area (Å²) < 4.78 is 41.1. The van der Waals surface area contributed by atoms with Crippen LogP contribution in [0.15, 0.2) is 77.7 Å². The van der Waals surface area contributed by atoms with Crippen LogP contribution in [0.5, 0.6) is 0 Å². The van der Waals surface area contributed by atoms with Gasteiger partial charge in [-0.25, -0.2) is 12.8 Å². The Morgan fingerprint density at radius 3 is 2.26 bits per heavy atom. The number of hydrogen-bond acceptors (Lipinski definition) is 4. The molecule has 0 saturated carbocycles. The topological polar surface area (TPSA) is 95.6 Å². The minimum atomic E-state index is -4.19. The first kappa shape index (κ1) is 25.9. The lowest BCUT2D eigenvalue weighted by Crippen LogP contribution is -2.38. The molecule has 184 valence electrons. The molecular formula is C26H28FN3O4S. The fourth-order valence-corrected chi connectivity index (χ4v) is 4.77. The van der Waals surface area contributed by atoms with E-state index in [1.807, 2.05) is 13.8 Å². The number of halogens is 1. The standard InChI is InChI=1S/C26H28FN3O4S/c1-3-4-17-28-26(32)23-7-5-6-8-24(23)29-25(31)18-30(21-13-9-19(2)10-14-21)35(33,34)22-15-11-20(27)12-16-22/h5-16H,3-4,17-18H2,1-2H3,(H,28,32)(H,29,31). The third-order valence-corrected chi connectivity index (χ3v) is 7.06. The quantitative estimate of drug-likeness (QED) is 0.403. The van der Waals surface area contributed by atoms with Crippen molar-refractivity contribution in [2.45, 2.75) is 31.6 Å². The van der Waals surface area contributed by atoms with Gasteiger partial charge in [-0.05, 0) is 61.9 Å². The van der Waals surface area contributed by atoms with Crippen LogP contribution in [-0.2, 0) is 14.8 Å². The maximum Gasteiger partial charge on any atom is 0.264 e. The van der Waals surface area contributed by atoms with Gasteiger partial charge in [0.2, 0.25) is 5.91 Å². The van der Waals surface area contributed by atoms with Gasteiger partial charge in [-0.2, -0.15) is 0 Å². The Labute approximate surface area is 205 Å². The van der Waals surface area contributed by atoms with Gasteiger partial charge in [0.05, 0.1) is 21.8 Å². The Bertz CT molecular complexity index is 1280. The number of carbonyl (C=O) groups is 2. The normalized spacial score (nSPS) is 11.1. The zero-order chi connectivity index (χ0) is 25.4. The Kier molecular flexibility index (Phi) is 8.59. The molecule has 0 heterocycles. The molecule has 3 aromatic carbocycles. The summed E-state index contributed by atoms with van der Waals surface area (Å²) in [6.07, 6.45) is 1.75. The Morgan fingerprint density at radius 1 is 0.943 bits per heavy atom. The van der Waals surface area contributed by atoms with Crippen LogP contribution in [0, 0.1) is 12.7 Å². The number of nitrogens with one attached hydrogen (secondary N) is 2. The molecule has 0 fully saturated rings. The monoisotopic (exact) mass is 497 g/mol. The third kappa shape index (κ3) is 6.66. The van der Waals surface area contributed by atoms with Gasteiger partial charge in [0.1, 0.15) is 12.4 Å². The molecule has 3 rings (SSSR count). The highest BCUT2D eigenvalue weighted by molar-refractivity contribution is 7.92. The second kappa shape index (κ2) is 11.6. The molecule has 0 aliphatic heterocycles. The van der Waals surface area contributed by atoms with E-state index in [4.69, 9.17) is 0 Å². The van der Waals surface area contributed by atoms with E-state index in [0.29, 0.717) is 6.54 Å². The minimum absolute atomic E-state index is 0.150. The lowest BCUT2D eigenvalue weighted by Gasteiger charge is -2.24. The predicted octanol–water partition coefficient (Wildman–Crippen LogP) is 4.50. The zero-order valence-electron chi connectivity index (χ0n) is 19.6. The van der Waals surface area contributed by atoms with Crippen LogP contribution in [0.4, 0.5) is 15.8 Å². The fraction of sp³-hybridized carbons (Fsp3) is 0.231. The molecule has 9 heteroatoms. The summed E-state index contributed by atoms with van der Waals surface area (Å²) in [6, 6.07) is 17.6. The number of unbranched alkanes of at least 4 members (excludes halogenated alkanes) is 1. The van der Waals surface area contributed by atoms with Crippen LogP contribution >= 0.6 is 0 Å². The fourth-order valence-electron chi connectivity index (χ4n) is 3.34. The van der Waals surface area contributed by atoms with E-state index >= 15 is 0 Å². The van der Waals surface area contributed by atoms with Crippen molar-refractivity contribution in [3.8, 4) is 0 Å². The second-order valence-electron chi connectivity index (χ2n) is 8.00. The lowest BCUT2D eigenvalue weighted by atomic mass is 10.1. The number of rotatable bonds is 10. The van der Waals surface area contributed by atoms with Gasteiger partial charge in [0.15, 0.2) is 0 Å². The molecule has 0 spiro atoms. The average molecular weight is 498 g/mol. The molecule has 0 bridgehead atoms. The van der Waals surface area contributed by atoms with Crippen LogP contribution < -0.4 is 14.9 Å². The van der Waals surface area contributed by atoms with Crippen molar-refractivity contribution in [2.75, 3.05) is 22.7 Å². The summed E-state index contributed by atoms with van der Waals surface area (Å²) >= 11 is 0. The predicted molar refractivity (Wildman–Crippen MR) is 134 cm³/mol. The molecule has 35 heavy (non-hydrogen) atoms. The van der Waals surface area contributed by atoms with Crippen LogP contribution in [0.25, 0.3) is 0 Å². The minimum Gasteiger partial charge on any atom is -0.352 e. The van der Waals surface area contributed by atoms with Crippen molar-refractivity contribution in [1.29, 1.82) is 0 Å². The molecule has 2 amide bonds. The molecule has 0 saturated heterocycles. The van der Waals surface area contributed by atoms with Gasteiger partial charge in [0, 0.05) is 6.54 Å². The largest absolute Gasteiger partial charge is 0.352 e. The summed E-state index contributed by atoms with van der Waals surface area (Å²) in [4.78, 5) is 25.4. The van der Waals surface area contributed by atoms with Gasteiger partial charge in [-0.3, -0.25) is 13.9 Å². The number of para-hydroxylation sites is 1. The van der Waals surface area contributed by atoms with Crippen LogP contribution in [-0.4, -0.2) is 33.3 Å². The van der Waals surface area contributed by atoms with E-state index in [2.05, 4.69) is 10.6 Å². The summed E-state index contributed by atoms with van der Waals surface area (Å²) in [6.45, 7) is 3.83. The molecule has 2 N–H and O–H groups in total. The van der Waals surface area contributed by atoms with E-state index in [-0.39, 0.29) is 27.7 Å². The van der Waals surface area contributed by atoms with Crippen molar-refractivity contribution in [2.24, 2.45) is 0 Å². The van der Waals surface area contributed by atoms with Gasteiger partial charge in [0.25, 0.3) is 15.9 Å². The number of benzene rings is 3. The highest BCUT2D eigenvalue weighted by Gasteiger charge is 2.27. The number of aryl methyl sites for hydroxylation is 1. The van der Waals surface area contributed by atoms with E-state index in [1.165, 1.54) is 0 Å². The second-order valence-corrected chi connectivity index (χ2v) is 9.87. The lowest BCUT2D eigenvalue weighted by molar-refractivity contribution is -0.114. The van der Waals surface area contributed by atoms with E-state index in [0.717, 1.165) is 47.0 Å².